The van der Waals surface area contributed by atoms with Crippen LogP contribution >= 0.6 is 0 Å². The maximum Gasteiger partial charge on any atom is 0.257 e. The Morgan fingerprint density at radius 3 is 2.36 bits per heavy atom. The molecule has 0 aliphatic rings. The molecule has 1 aromatic carbocycles. The van der Waals surface area contributed by atoms with E-state index in [-0.39, 0.29) is 5.03 Å². The average molecular weight is 325 g/mol. The highest BCUT2D eigenvalue weighted by molar-refractivity contribution is 7.89. The predicted molar refractivity (Wildman–Crippen MR) is 80.9 cm³/mol. The van der Waals surface area contributed by atoms with E-state index in [1.807, 2.05) is 12.1 Å². The molecule has 3 N–H and O–H groups in total. The molecule has 0 aliphatic carbocycles. The van der Waals surface area contributed by atoms with Gasteiger partial charge in [0.15, 0.2) is 5.03 Å². The van der Waals surface area contributed by atoms with E-state index in [2.05, 4.69) is 5.10 Å². The largest absolute Gasteiger partial charge is 0.497 e. The Morgan fingerprint density at radius 1 is 1.32 bits per heavy atom. The molecular weight excluding hydrogens is 306 g/mol. The van der Waals surface area contributed by atoms with Crippen LogP contribution in [0.25, 0.3) is 0 Å². The summed E-state index contributed by atoms with van der Waals surface area (Å²) in [4.78, 5) is 0. The van der Waals surface area contributed by atoms with Crippen LogP contribution in [-0.4, -0.2) is 30.4 Å². The SMILES string of the molecule is COc1ccc(Cn2nc(S(N)(=O)=O)cc2C(C)(C)O)cc1. The minimum Gasteiger partial charge on any atom is -0.497 e. The lowest BCUT2D eigenvalue weighted by atomic mass is 10.1. The number of ether oxygens (including phenoxy) is 1. The minimum atomic E-state index is -3.93. The zero-order valence-electron chi connectivity index (χ0n) is 12.6. The summed E-state index contributed by atoms with van der Waals surface area (Å²) in [7, 11) is -2.35. The zero-order chi connectivity index (χ0) is 16.5. The first-order valence-electron chi connectivity index (χ1n) is 6.57. The first kappa shape index (κ1) is 16.5. The summed E-state index contributed by atoms with van der Waals surface area (Å²) >= 11 is 0. The third kappa shape index (κ3) is 3.65. The molecule has 0 atom stereocenters. The molecular formula is C14H19N3O4S. The molecule has 0 saturated carbocycles. The van der Waals surface area contributed by atoms with E-state index >= 15 is 0 Å². The van der Waals surface area contributed by atoms with E-state index in [9.17, 15) is 13.5 Å². The van der Waals surface area contributed by atoms with Crippen LogP contribution in [0.5, 0.6) is 5.75 Å². The molecule has 8 heteroatoms. The molecule has 0 saturated heterocycles. The van der Waals surface area contributed by atoms with Gasteiger partial charge in [0.05, 0.1) is 19.3 Å². The second kappa shape index (κ2) is 5.71. The standard InChI is InChI=1S/C14H19N3O4S/c1-14(2,18)12-8-13(22(15,19)20)16-17(12)9-10-4-6-11(21-3)7-5-10/h4-8,18H,9H2,1-3H3,(H2,15,19,20). The Bertz CT molecular complexity index is 758. The topological polar surface area (TPSA) is 107 Å². The number of aromatic nitrogens is 2. The van der Waals surface area contributed by atoms with Crippen LogP contribution in [0, 0.1) is 0 Å². The summed E-state index contributed by atoms with van der Waals surface area (Å²) in [6.45, 7) is 3.42. The number of hydrogen-bond donors (Lipinski definition) is 2. The summed E-state index contributed by atoms with van der Waals surface area (Å²) in [5.41, 5.74) is 0.00490. The zero-order valence-corrected chi connectivity index (χ0v) is 13.5. The molecule has 0 fully saturated rings. The maximum absolute atomic E-state index is 11.5. The summed E-state index contributed by atoms with van der Waals surface area (Å²) in [5, 5.41) is 19.0. The Kier molecular flexibility index (Phi) is 4.28. The molecule has 0 amide bonds. The Morgan fingerprint density at radius 2 is 1.91 bits per heavy atom. The van der Waals surface area contributed by atoms with Crippen molar-refractivity contribution in [3.63, 3.8) is 0 Å². The van der Waals surface area contributed by atoms with Gasteiger partial charge in [-0.3, -0.25) is 4.68 Å². The van der Waals surface area contributed by atoms with Crippen molar-refractivity contribution in [3.8, 4) is 5.75 Å². The number of rotatable bonds is 5. The number of hydrogen-bond acceptors (Lipinski definition) is 5. The molecule has 0 bridgehead atoms. The Balaban J connectivity index is 2.42. The van der Waals surface area contributed by atoms with Gasteiger partial charge in [0.2, 0.25) is 0 Å². The van der Waals surface area contributed by atoms with Crippen LogP contribution < -0.4 is 9.88 Å². The summed E-state index contributed by atoms with van der Waals surface area (Å²) in [6, 6.07) is 8.56. The quantitative estimate of drug-likeness (QED) is 0.846. The van der Waals surface area contributed by atoms with Crippen molar-refractivity contribution < 1.29 is 18.3 Å². The normalized spacial score (nSPS) is 12.4. The molecule has 120 valence electrons. The van der Waals surface area contributed by atoms with Gasteiger partial charge < -0.3 is 9.84 Å². The number of nitrogens with two attached hydrogens (primary N) is 1. The van der Waals surface area contributed by atoms with Crippen molar-refractivity contribution in [2.75, 3.05) is 7.11 Å². The van der Waals surface area contributed by atoms with Crippen LogP contribution in [0.1, 0.15) is 25.1 Å². The van der Waals surface area contributed by atoms with Crippen molar-refractivity contribution in [1.82, 2.24) is 9.78 Å². The lowest BCUT2D eigenvalue weighted by molar-refractivity contribution is 0.0688. The van der Waals surface area contributed by atoms with Crippen molar-refractivity contribution >= 4 is 10.0 Å². The highest BCUT2D eigenvalue weighted by Gasteiger charge is 2.26. The van der Waals surface area contributed by atoms with Crippen LogP contribution in [0.4, 0.5) is 0 Å². The summed E-state index contributed by atoms with van der Waals surface area (Å²) < 4.78 is 29.5. The fourth-order valence-corrected chi connectivity index (χ4v) is 2.54. The maximum atomic E-state index is 11.5. The van der Waals surface area contributed by atoms with Gasteiger partial charge in [0.1, 0.15) is 11.4 Å². The van der Waals surface area contributed by atoms with E-state index in [0.717, 1.165) is 11.3 Å². The van der Waals surface area contributed by atoms with Crippen molar-refractivity contribution in [2.24, 2.45) is 5.14 Å². The van der Waals surface area contributed by atoms with Crippen molar-refractivity contribution in [3.05, 3.63) is 41.6 Å². The molecule has 0 aliphatic heterocycles. The van der Waals surface area contributed by atoms with Crippen LogP contribution in [0.2, 0.25) is 0 Å². The molecule has 0 spiro atoms. The van der Waals surface area contributed by atoms with E-state index in [1.54, 1.807) is 33.1 Å². The molecule has 1 aromatic heterocycles. The van der Waals surface area contributed by atoms with Crippen LogP contribution in [-0.2, 0) is 22.2 Å². The predicted octanol–water partition coefficient (Wildman–Crippen LogP) is 0.815. The van der Waals surface area contributed by atoms with E-state index < -0.39 is 15.6 Å². The van der Waals surface area contributed by atoms with E-state index in [0.29, 0.717) is 12.2 Å². The van der Waals surface area contributed by atoms with Gasteiger partial charge in [-0.05, 0) is 31.5 Å². The average Bonchev–Trinajstić information content (AvgIpc) is 2.83. The monoisotopic (exact) mass is 325 g/mol. The third-order valence-electron chi connectivity index (χ3n) is 3.17. The lowest BCUT2D eigenvalue weighted by Crippen LogP contribution is -2.21. The molecule has 2 rings (SSSR count). The molecule has 22 heavy (non-hydrogen) atoms. The Hall–Kier alpha value is -1.90. The first-order chi connectivity index (χ1) is 10.1. The second-order valence-corrected chi connectivity index (χ2v) is 6.99. The van der Waals surface area contributed by atoms with Gasteiger partial charge >= 0.3 is 0 Å². The van der Waals surface area contributed by atoms with Crippen molar-refractivity contribution in [1.29, 1.82) is 0 Å². The second-order valence-electron chi connectivity index (χ2n) is 5.48. The highest BCUT2D eigenvalue weighted by Crippen LogP contribution is 2.23. The van der Waals surface area contributed by atoms with Crippen LogP contribution in [0.3, 0.4) is 0 Å². The Labute approximate surface area is 129 Å². The summed E-state index contributed by atoms with van der Waals surface area (Å²) in [5.74, 6) is 0.720. The molecule has 1 heterocycles. The van der Waals surface area contributed by atoms with Crippen molar-refractivity contribution in [2.45, 2.75) is 31.0 Å². The van der Waals surface area contributed by atoms with Crippen LogP contribution in [0.15, 0.2) is 35.4 Å². The van der Waals surface area contributed by atoms with E-state index in [1.165, 1.54) is 10.7 Å². The van der Waals surface area contributed by atoms with Gasteiger partial charge in [0, 0.05) is 6.07 Å². The molecule has 7 nitrogen and oxygen atoms in total. The number of nitrogens with zero attached hydrogens (tertiary/aromatic N) is 2. The van der Waals surface area contributed by atoms with Gasteiger partial charge in [0.25, 0.3) is 10.0 Å². The van der Waals surface area contributed by atoms with Gasteiger partial charge in [-0.15, -0.1) is 0 Å². The molecule has 0 radical (unpaired) electrons. The smallest absolute Gasteiger partial charge is 0.257 e. The fourth-order valence-electron chi connectivity index (χ4n) is 2.05. The third-order valence-corrected chi connectivity index (χ3v) is 3.95. The number of benzene rings is 1. The lowest BCUT2D eigenvalue weighted by Gasteiger charge is -2.19. The van der Waals surface area contributed by atoms with Gasteiger partial charge in [-0.2, -0.15) is 5.10 Å². The minimum absolute atomic E-state index is 0.266. The number of methoxy groups -OCH3 is 1. The van der Waals surface area contributed by atoms with E-state index in [4.69, 9.17) is 9.88 Å². The first-order valence-corrected chi connectivity index (χ1v) is 8.12. The number of sulfonamides is 1. The number of aliphatic hydroxyl groups is 1. The van der Waals surface area contributed by atoms with Gasteiger partial charge in [-0.25, -0.2) is 13.6 Å². The molecule has 2 aromatic rings. The molecule has 0 unspecified atom stereocenters. The fraction of sp³-hybridized carbons (Fsp3) is 0.357. The number of primary sulfonamides is 1. The highest BCUT2D eigenvalue weighted by atomic mass is 32.2. The summed E-state index contributed by atoms with van der Waals surface area (Å²) in [6.07, 6.45) is 0. The van der Waals surface area contributed by atoms with Gasteiger partial charge in [-0.1, -0.05) is 12.1 Å².